The van der Waals surface area contributed by atoms with Gasteiger partial charge in [0.15, 0.2) is 0 Å². The third kappa shape index (κ3) is 4.69. The molecule has 2 nitrogen and oxygen atoms in total. The zero-order chi connectivity index (χ0) is 43.7. The molecule has 0 unspecified atom stereocenters. The molecule has 0 saturated carbocycles. The van der Waals surface area contributed by atoms with Crippen molar-refractivity contribution >= 4 is 71.2 Å². The quantitative estimate of drug-likeness (QED) is 0.158. The van der Waals surface area contributed by atoms with Gasteiger partial charge in [-0.05, 0) is 155 Å². The minimum atomic E-state index is -0.237. The van der Waals surface area contributed by atoms with E-state index < -0.39 is 0 Å². The number of para-hydroxylation sites is 2. The summed E-state index contributed by atoms with van der Waals surface area (Å²) in [4.78, 5) is 2.56. The Morgan fingerprint density at radius 3 is 1.54 bits per heavy atom. The molecular formula is C63H48N2. The first-order valence-electron chi connectivity index (χ1n) is 23.3. The van der Waals surface area contributed by atoms with Crippen molar-refractivity contribution in [1.29, 1.82) is 0 Å². The lowest BCUT2D eigenvalue weighted by atomic mass is 9.72. The lowest BCUT2D eigenvalue weighted by molar-refractivity contribution is 0.627. The third-order valence-corrected chi connectivity index (χ3v) is 16.1. The van der Waals surface area contributed by atoms with Crippen molar-refractivity contribution in [2.75, 3.05) is 4.90 Å². The molecule has 2 aliphatic carbocycles. The Bertz CT molecular complexity index is 3930. The minimum absolute atomic E-state index is 0.0979. The van der Waals surface area contributed by atoms with Gasteiger partial charge in [0.2, 0.25) is 0 Å². The van der Waals surface area contributed by atoms with Crippen molar-refractivity contribution in [2.24, 2.45) is 0 Å². The van der Waals surface area contributed by atoms with Crippen LogP contribution in [0.1, 0.15) is 74.9 Å². The maximum absolute atomic E-state index is 2.56. The van der Waals surface area contributed by atoms with Crippen LogP contribution in [-0.2, 0) is 16.2 Å². The Morgan fingerprint density at radius 2 is 0.785 bits per heavy atom. The Labute approximate surface area is 380 Å². The zero-order valence-corrected chi connectivity index (χ0v) is 37.7. The Hall–Kier alpha value is -7.42. The van der Waals surface area contributed by atoms with Gasteiger partial charge in [0, 0.05) is 38.4 Å². The molecule has 0 spiro atoms. The number of nitrogens with zero attached hydrogens (tertiary/aromatic N) is 2. The summed E-state index contributed by atoms with van der Waals surface area (Å²) < 4.78 is 2.51. The van der Waals surface area contributed by atoms with Gasteiger partial charge in [-0.3, -0.25) is 0 Å². The summed E-state index contributed by atoms with van der Waals surface area (Å²) in [5.41, 5.74) is 20.4. The highest BCUT2D eigenvalue weighted by molar-refractivity contribution is 6.26. The first-order chi connectivity index (χ1) is 31.5. The lowest BCUT2D eigenvalue weighted by Gasteiger charge is -2.43. The number of fused-ring (bicyclic) bond motifs is 17. The number of benzene rings is 10. The Kier molecular flexibility index (Phi) is 7.08. The molecule has 0 saturated heterocycles. The molecule has 0 radical (unpaired) electrons. The SMILES string of the molecule is CC1(C)c2cc3c(cc2-c2cc4c5ccccc5c5ccccc5c4cc21)C(C)(C)c1ccccc1N3c1cccc(-n2c3ccccc3c3cc4c(cc32)C(C)(C)c2ccccc2-4)c1. The van der Waals surface area contributed by atoms with Crippen molar-refractivity contribution in [1.82, 2.24) is 4.57 Å². The minimum Gasteiger partial charge on any atom is -0.310 e. The van der Waals surface area contributed by atoms with Gasteiger partial charge < -0.3 is 9.47 Å². The van der Waals surface area contributed by atoms with E-state index in [1.165, 1.54) is 121 Å². The van der Waals surface area contributed by atoms with Gasteiger partial charge in [-0.15, -0.1) is 0 Å². The second-order valence-electron chi connectivity index (χ2n) is 20.5. The van der Waals surface area contributed by atoms with Gasteiger partial charge in [0.1, 0.15) is 0 Å². The summed E-state index contributed by atoms with van der Waals surface area (Å²) in [6.07, 6.45) is 0. The standard InChI is InChI=1S/C63H48N2/c1-61(2)51-26-13-11-24-43(51)47-32-50-44-25-12-15-28-57(44)64(59(50)35-54(47)61)37-18-17-19-38(30-37)65-58-29-16-14-27-52(58)62(3,4)56-34-49-48-31-45-41-22-9-7-20-39(41)40-21-8-10-23-42(40)46(45)33-53(48)63(5,6)55(49)36-60(56)65/h7-36H,1-6H3. The summed E-state index contributed by atoms with van der Waals surface area (Å²) in [6, 6.07) is 69.3. The fraction of sp³-hybridized carbons (Fsp3) is 0.143. The number of anilines is 3. The summed E-state index contributed by atoms with van der Waals surface area (Å²) in [5, 5.41) is 10.5. The van der Waals surface area contributed by atoms with E-state index in [0.717, 1.165) is 11.4 Å². The van der Waals surface area contributed by atoms with E-state index in [1.54, 1.807) is 0 Å². The molecule has 0 fully saturated rings. The van der Waals surface area contributed by atoms with Gasteiger partial charge in [-0.25, -0.2) is 0 Å². The molecule has 0 amide bonds. The van der Waals surface area contributed by atoms with Crippen LogP contribution in [0.25, 0.3) is 82.1 Å². The summed E-state index contributed by atoms with van der Waals surface area (Å²) in [6.45, 7) is 14.5. The van der Waals surface area contributed by atoms with Crippen molar-refractivity contribution in [2.45, 2.75) is 57.8 Å². The normalized spacial score (nSPS) is 15.9. The molecule has 14 rings (SSSR count). The van der Waals surface area contributed by atoms with E-state index in [4.69, 9.17) is 0 Å². The van der Waals surface area contributed by atoms with Crippen molar-refractivity contribution in [3.63, 3.8) is 0 Å². The van der Waals surface area contributed by atoms with E-state index in [9.17, 15) is 0 Å². The molecule has 2 heterocycles. The van der Waals surface area contributed by atoms with Crippen LogP contribution in [0.2, 0.25) is 0 Å². The summed E-state index contributed by atoms with van der Waals surface area (Å²) in [5.74, 6) is 0. The third-order valence-electron chi connectivity index (χ3n) is 16.1. The zero-order valence-electron chi connectivity index (χ0n) is 37.7. The van der Waals surface area contributed by atoms with Crippen LogP contribution in [0.3, 0.4) is 0 Å². The molecule has 11 aromatic rings. The predicted molar refractivity (Wildman–Crippen MR) is 275 cm³/mol. The first-order valence-corrected chi connectivity index (χ1v) is 23.3. The second-order valence-corrected chi connectivity index (χ2v) is 20.5. The van der Waals surface area contributed by atoms with Crippen molar-refractivity contribution in [3.05, 3.63) is 215 Å². The maximum Gasteiger partial charge on any atom is 0.0544 e. The highest BCUT2D eigenvalue weighted by Gasteiger charge is 2.43. The van der Waals surface area contributed by atoms with Crippen LogP contribution in [0.15, 0.2) is 182 Å². The van der Waals surface area contributed by atoms with Crippen LogP contribution in [0.4, 0.5) is 17.1 Å². The maximum atomic E-state index is 2.56. The molecule has 3 aliphatic rings. The first kappa shape index (κ1) is 37.0. The van der Waals surface area contributed by atoms with Gasteiger partial charge in [-0.2, -0.15) is 0 Å². The molecule has 65 heavy (non-hydrogen) atoms. The van der Waals surface area contributed by atoms with E-state index in [1.807, 2.05) is 0 Å². The number of rotatable bonds is 2. The highest BCUT2D eigenvalue weighted by atomic mass is 15.2. The van der Waals surface area contributed by atoms with Crippen molar-refractivity contribution in [3.8, 4) is 27.9 Å². The fourth-order valence-corrected chi connectivity index (χ4v) is 12.8. The smallest absolute Gasteiger partial charge is 0.0544 e. The van der Waals surface area contributed by atoms with E-state index >= 15 is 0 Å². The molecular weight excluding hydrogens is 785 g/mol. The molecule has 2 heteroatoms. The van der Waals surface area contributed by atoms with E-state index in [2.05, 4.69) is 233 Å². The molecule has 0 bridgehead atoms. The molecule has 0 N–H and O–H groups in total. The number of hydrogen-bond donors (Lipinski definition) is 0. The largest absolute Gasteiger partial charge is 0.310 e. The van der Waals surface area contributed by atoms with Crippen LogP contribution >= 0.6 is 0 Å². The Balaban J connectivity index is 0.990. The van der Waals surface area contributed by atoms with Crippen LogP contribution in [0, 0.1) is 0 Å². The van der Waals surface area contributed by atoms with Gasteiger partial charge in [0.05, 0.1) is 22.4 Å². The highest BCUT2D eigenvalue weighted by Crippen LogP contribution is 2.59. The van der Waals surface area contributed by atoms with Crippen LogP contribution in [-0.4, -0.2) is 4.57 Å². The van der Waals surface area contributed by atoms with Gasteiger partial charge in [-0.1, -0.05) is 157 Å². The summed E-state index contributed by atoms with van der Waals surface area (Å²) >= 11 is 0. The second kappa shape index (κ2) is 12.4. The van der Waals surface area contributed by atoms with Gasteiger partial charge in [0.25, 0.3) is 0 Å². The average Bonchev–Trinajstić information content (AvgIpc) is 3.86. The number of hydrogen-bond acceptors (Lipinski definition) is 1. The van der Waals surface area contributed by atoms with Gasteiger partial charge >= 0.3 is 0 Å². The molecule has 1 aromatic heterocycles. The van der Waals surface area contributed by atoms with E-state index in [-0.39, 0.29) is 16.2 Å². The predicted octanol–water partition coefficient (Wildman–Crippen LogP) is 17.0. The summed E-state index contributed by atoms with van der Waals surface area (Å²) in [7, 11) is 0. The van der Waals surface area contributed by atoms with E-state index in [0.29, 0.717) is 0 Å². The molecule has 10 aromatic carbocycles. The molecule has 1 aliphatic heterocycles. The van der Waals surface area contributed by atoms with Crippen molar-refractivity contribution < 1.29 is 0 Å². The molecule has 310 valence electrons. The monoisotopic (exact) mass is 832 g/mol. The topological polar surface area (TPSA) is 8.17 Å². The Morgan fingerprint density at radius 1 is 0.277 bits per heavy atom. The van der Waals surface area contributed by atoms with Crippen LogP contribution < -0.4 is 4.90 Å². The lowest BCUT2D eigenvalue weighted by Crippen LogP contribution is -2.31. The fourth-order valence-electron chi connectivity index (χ4n) is 12.8. The van der Waals surface area contributed by atoms with Crippen LogP contribution in [0.5, 0.6) is 0 Å². The number of aromatic nitrogens is 1. The average molecular weight is 833 g/mol. The molecule has 0 atom stereocenters.